The second kappa shape index (κ2) is 6.98. The van der Waals surface area contributed by atoms with E-state index in [-0.39, 0.29) is 22.4 Å². The Balaban J connectivity index is 1.65. The summed E-state index contributed by atoms with van der Waals surface area (Å²) in [5.41, 5.74) is 2.62. The number of nitrogens with zero attached hydrogens (tertiary/aromatic N) is 1. The predicted molar refractivity (Wildman–Crippen MR) is 108 cm³/mol. The van der Waals surface area contributed by atoms with Gasteiger partial charge in [-0.3, -0.25) is 14.4 Å². The smallest absolute Gasteiger partial charge is 0.266 e. The molecular weight excluding hydrogens is 371 g/mol. The molecule has 3 aromatic carbocycles. The van der Waals surface area contributed by atoms with E-state index in [0.717, 1.165) is 16.0 Å². The fourth-order valence-corrected chi connectivity index (χ4v) is 3.33. The number of fused-ring (bicyclic) bond motifs is 1. The Hall–Kier alpha value is -3.80. The summed E-state index contributed by atoms with van der Waals surface area (Å²) >= 11 is 0. The van der Waals surface area contributed by atoms with E-state index in [1.165, 1.54) is 30.3 Å². The average molecular weight is 388 g/mol. The van der Waals surface area contributed by atoms with E-state index >= 15 is 0 Å². The maximum atomic E-state index is 14.0. The highest BCUT2D eigenvalue weighted by molar-refractivity contribution is 6.35. The second-order valence-corrected chi connectivity index (χ2v) is 6.93. The van der Waals surface area contributed by atoms with Crippen LogP contribution in [0.5, 0.6) is 0 Å². The minimum Gasteiger partial charge on any atom is -0.319 e. The third-order valence-corrected chi connectivity index (χ3v) is 4.88. The van der Waals surface area contributed by atoms with Gasteiger partial charge in [-0.05, 0) is 61.4 Å². The van der Waals surface area contributed by atoms with Crippen molar-refractivity contribution in [2.45, 2.75) is 13.8 Å². The molecule has 1 heterocycles. The summed E-state index contributed by atoms with van der Waals surface area (Å²) in [6.45, 7) is 3.56. The molecule has 0 radical (unpaired) electrons. The molecule has 0 saturated carbocycles. The number of rotatable bonds is 3. The summed E-state index contributed by atoms with van der Waals surface area (Å²) in [5, 5.41) is 2.50. The lowest BCUT2D eigenvalue weighted by Gasteiger charge is -2.16. The third-order valence-electron chi connectivity index (χ3n) is 4.88. The number of hydrogen-bond donors (Lipinski definition) is 1. The van der Waals surface area contributed by atoms with Gasteiger partial charge in [0.1, 0.15) is 5.82 Å². The molecule has 0 aliphatic carbocycles. The molecule has 0 saturated heterocycles. The second-order valence-electron chi connectivity index (χ2n) is 6.93. The van der Waals surface area contributed by atoms with Gasteiger partial charge in [0.05, 0.1) is 22.5 Å². The Morgan fingerprint density at radius 3 is 2.34 bits per heavy atom. The lowest BCUT2D eigenvalue weighted by atomic mass is 10.1. The van der Waals surface area contributed by atoms with Crippen LogP contribution in [0.3, 0.4) is 0 Å². The quantitative estimate of drug-likeness (QED) is 0.672. The molecule has 0 bridgehead atoms. The number of hydrogen-bond acceptors (Lipinski definition) is 3. The van der Waals surface area contributed by atoms with Gasteiger partial charge >= 0.3 is 0 Å². The normalized spacial score (nSPS) is 12.9. The Morgan fingerprint density at radius 2 is 1.62 bits per heavy atom. The van der Waals surface area contributed by atoms with E-state index < -0.39 is 23.5 Å². The van der Waals surface area contributed by atoms with E-state index in [0.29, 0.717) is 5.69 Å². The Labute approximate surface area is 166 Å². The first kappa shape index (κ1) is 18.6. The number of imide groups is 1. The molecule has 3 aromatic rings. The number of nitrogens with one attached hydrogen (secondary N) is 1. The van der Waals surface area contributed by atoms with E-state index in [9.17, 15) is 18.8 Å². The van der Waals surface area contributed by atoms with Crippen molar-refractivity contribution in [1.29, 1.82) is 0 Å². The van der Waals surface area contributed by atoms with Crippen LogP contribution < -0.4 is 10.2 Å². The van der Waals surface area contributed by atoms with Crippen LogP contribution in [0.4, 0.5) is 15.8 Å². The van der Waals surface area contributed by atoms with Crippen molar-refractivity contribution in [1.82, 2.24) is 0 Å². The zero-order chi connectivity index (χ0) is 20.7. The number of benzene rings is 3. The topological polar surface area (TPSA) is 66.5 Å². The van der Waals surface area contributed by atoms with E-state index in [2.05, 4.69) is 5.32 Å². The van der Waals surface area contributed by atoms with Gasteiger partial charge < -0.3 is 5.32 Å². The number of carbonyl (C=O) groups is 3. The van der Waals surface area contributed by atoms with Gasteiger partial charge in [-0.15, -0.1) is 0 Å². The molecule has 0 unspecified atom stereocenters. The summed E-state index contributed by atoms with van der Waals surface area (Å²) in [7, 11) is 0. The van der Waals surface area contributed by atoms with Crippen LogP contribution in [0.1, 0.15) is 42.2 Å². The fraction of sp³-hybridized carbons (Fsp3) is 0.0870. The van der Waals surface area contributed by atoms with Crippen LogP contribution in [-0.2, 0) is 0 Å². The zero-order valence-corrected chi connectivity index (χ0v) is 15.8. The number of carbonyl (C=O) groups excluding carboxylic acids is 3. The molecule has 29 heavy (non-hydrogen) atoms. The van der Waals surface area contributed by atoms with Crippen molar-refractivity contribution in [2.75, 3.05) is 10.2 Å². The standard InChI is InChI=1S/C23H17FN2O3/c1-13-7-10-19(18(24)11-13)25-21(27)15-8-9-16-17(12-15)23(29)26(22(16)28)20-6-4-3-5-14(20)2/h3-12H,1-2H3,(H,25,27). The van der Waals surface area contributed by atoms with E-state index in [1.807, 2.05) is 19.1 Å². The molecule has 0 spiro atoms. The fourth-order valence-electron chi connectivity index (χ4n) is 3.33. The van der Waals surface area contributed by atoms with E-state index in [1.54, 1.807) is 25.1 Å². The van der Waals surface area contributed by atoms with Crippen LogP contribution in [-0.4, -0.2) is 17.7 Å². The van der Waals surface area contributed by atoms with Gasteiger partial charge in [0.25, 0.3) is 17.7 Å². The number of para-hydroxylation sites is 1. The first-order valence-corrected chi connectivity index (χ1v) is 9.03. The predicted octanol–water partition coefficient (Wildman–Crippen LogP) is 4.50. The minimum atomic E-state index is -0.565. The van der Waals surface area contributed by atoms with Gasteiger partial charge in [0.2, 0.25) is 0 Å². The molecule has 3 amide bonds. The molecular formula is C23H17FN2O3. The highest BCUT2D eigenvalue weighted by Gasteiger charge is 2.37. The van der Waals surface area contributed by atoms with Crippen molar-refractivity contribution in [3.63, 3.8) is 0 Å². The van der Waals surface area contributed by atoms with Crippen LogP contribution >= 0.6 is 0 Å². The molecule has 6 heteroatoms. The molecule has 1 N–H and O–H groups in total. The largest absolute Gasteiger partial charge is 0.319 e. The van der Waals surface area contributed by atoms with Crippen molar-refractivity contribution in [3.05, 3.63) is 94.3 Å². The lowest BCUT2D eigenvalue weighted by molar-refractivity contribution is 0.0925. The molecule has 0 atom stereocenters. The van der Waals surface area contributed by atoms with Crippen LogP contribution in [0.2, 0.25) is 0 Å². The zero-order valence-electron chi connectivity index (χ0n) is 15.8. The minimum absolute atomic E-state index is 0.0463. The van der Waals surface area contributed by atoms with Crippen LogP contribution in [0.25, 0.3) is 0 Å². The van der Waals surface area contributed by atoms with Crippen molar-refractivity contribution in [3.8, 4) is 0 Å². The highest BCUT2D eigenvalue weighted by atomic mass is 19.1. The van der Waals surface area contributed by atoms with Crippen molar-refractivity contribution >= 4 is 29.1 Å². The van der Waals surface area contributed by atoms with E-state index in [4.69, 9.17) is 0 Å². The summed E-state index contributed by atoms with van der Waals surface area (Å²) in [6.07, 6.45) is 0. The summed E-state index contributed by atoms with van der Waals surface area (Å²) in [6, 6.07) is 15.8. The summed E-state index contributed by atoms with van der Waals surface area (Å²) in [4.78, 5) is 39.3. The average Bonchev–Trinajstić information content (AvgIpc) is 2.94. The van der Waals surface area contributed by atoms with Gasteiger partial charge in [-0.2, -0.15) is 0 Å². The molecule has 1 aliphatic heterocycles. The number of aryl methyl sites for hydroxylation is 2. The molecule has 1 aliphatic rings. The molecule has 4 rings (SSSR count). The van der Waals surface area contributed by atoms with Crippen molar-refractivity contribution in [2.24, 2.45) is 0 Å². The monoisotopic (exact) mass is 388 g/mol. The molecule has 0 fully saturated rings. The summed E-state index contributed by atoms with van der Waals surface area (Å²) in [5.74, 6) is -2.03. The molecule has 144 valence electrons. The van der Waals surface area contributed by atoms with Gasteiger partial charge in [0, 0.05) is 5.56 Å². The highest BCUT2D eigenvalue weighted by Crippen LogP contribution is 2.31. The first-order chi connectivity index (χ1) is 13.9. The molecule has 5 nitrogen and oxygen atoms in total. The van der Waals surface area contributed by atoms with Crippen LogP contribution in [0.15, 0.2) is 60.7 Å². The van der Waals surface area contributed by atoms with Gasteiger partial charge in [-0.1, -0.05) is 24.3 Å². The first-order valence-electron chi connectivity index (χ1n) is 9.03. The van der Waals surface area contributed by atoms with Gasteiger partial charge in [-0.25, -0.2) is 9.29 Å². The van der Waals surface area contributed by atoms with Gasteiger partial charge in [0.15, 0.2) is 0 Å². The summed E-state index contributed by atoms with van der Waals surface area (Å²) < 4.78 is 14.0. The Bertz CT molecular complexity index is 1190. The number of amides is 3. The van der Waals surface area contributed by atoms with Crippen LogP contribution in [0, 0.1) is 19.7 Å². The maximum absolute atomic E-state index is 14.0. The lowest BCUT2D eigenvalue weighted by Crippen LogP contribution is -2.29. The Morgan fingerprint density at radius 1 is 0.897 bits per heavy atom. The third kappa shape index (κ3) is 3.18. The van der Waals surface area contributed by atoms with Crippen molar-refractivity contribution < 1.29 is 18.8 Å². The number of anilines is 2. The SMILES string of the molecule is Cc1ccc(NC(=O)c2ccc3c(c2)C(=O)N(c2ccccc2C)C3=O)c(F)c1. The Kier molecular flexibility index (Phi) is 4.47. The number of halogens is 1. The maximum Gasteiger partial charge on any atom is 0.266 e. The molecule has 0 aromatic heterocycles.